The number of aryl methyl sites for hydroxylation is 1. The molecule has 1 aromatic heterocycles. The van der Waals surface area contributed by atoms with Gasteiger partial charge in [0.15, 0.2) is 0 Å². The molecule has 1 saturated carbocycles. The van der Waals surface area contributed by atoms with Crippen LogP contribution in [0, 0.1) is 0 Å². The summed E-state index contributed by atoms with van der Waals surface area (Å²) in [6.45, 7) is 3.04. The predicted molar refractivity (Wildman–Crippen MR) is 70.3 cm³/mol. The van der Waals surface area contributed by atoms with Gasteiger partial charge in [0.2, 0.25) is 0 Å². The number of hydrogen-bond donors (Lipinski definition) is 2. The Morgan fingerprint density at radius 3 is 2.78 bits per heavy atom. The Morgan fingerprint density at radius 1 is 1.39 bits per heavy atom. The van der Waals surface area contributed by atoms with Crippen LogP contribution in [0.2, 0.25) is 0 Å². The summed E-state index contributed by atoms with van der Waals surface area (Å²) in [5.41, 5.74) is -0.902. The second kappa shape index (κ2) is 5.85. The first kappa shape index (κ1) is 13.6. The molecule has 4 nitrogen and oxygen atoms in total. The topological polar surface area (TPSA) is 58.3 Å². The van der Waals surface area contributed by atoms with Crippen molar-refractivity contribution in [1.29, 1.82) is 0 Å². The van der Waals surface area contributed by atoms with Gasteiger partial charge in [-0.2, -0.15) is 0 Å². The summed E-state index contributed by atoms with van der Waals surface area (Å²) in [5, 5.41) is 20.8. The SMILES string of the molecule is CCCn1ccnc1CC(O)C1(O)CCCCC1. The normalized spacial score (nSPS) is 20.8. The van der Waals surface area contributed by atoms with E-state index < -0.39 is 11.7 Å². The van der Waals surface area contributed by atoms with Crippen molar-refractivity contribution in [3.8, 4) is 0 Å². The number of aliphatic hydroxyl groups is 2. The lowest BCUT2D eigenvalue weighted by Gasteiger charge is -2.36. The summed E-state index contributed by atoms with van der Waals surface area (Å²) in [6, 6.07) is 0. The molecule has 2 N–H and O–H groups in total. The van der Waals surface area contributed by atoms with Crippen LogP contribution in [0.5, 0.6) is 0 Å². The highest BCUT2D eigenvalue weighted by Crippen LogP contribution is 2.32. The minimum atomic E-state index is -0.902. The number of hydrogen-bond acceptors (Lipinski definition) is 3. The third kappa shape index (κ3) is 2.93. The fourth-order valence-electron chi connectivity index (χ4n) is 2.83. The molecule has 18 heavy (non-hydrogen) atoms. The van der Waals surface area contributed by atoms with Gasteiger partial charge < -0.3 is 14.8 Å². The third-order valence-corrected chi connectivity index (χ3v) is 3.98. The molecule has 0 radical (unpaired) electrons. The summed E-state index contributed by atoms with van der Waals surface area (Å²) >= 11 is 0. The van der Waals surface area contributed by atoms with E-state index in [1.54, 1.807) is 6.20 Å². The highest BCUT2D eigenvalue weighted by atomic mass is 16.3. The van der Waals surface area contributed by atoms with Gasteiger partial charge in [-0.15, -0.1) is 0 Å². The van der Waals surface area contributed by atoms with Gasteiger partial charge in [-0.3, -0.25) is 0 Å². The molecule has 0 amide bonds. The zero-order valence-electron chi connectivity index (χ0n) is 11.2. The summed E-state index contributed by atoms with van der Waals surface area (Å²) < 4.78 is 2.06. The lowest BCUT2D eigenvalue weighted by molar-refractivity contribution is -0.0969. The van der Waals surface area contributed by atoms with Gasteiger partial charge in [-0.05, 0) is 19.3 Å². The molecular weight excluding hydrogens is 228 g/mol. The van der Waals surface area contributed by atoms with Crippen LogP contribution < -0.4 is 0 Å². The number of aliphatic hydroxyl groups excluding tert-OH is 1. The number of imidazole rings is 1. The Morgan fingerprint density at radius 2 is 2.11 bits per heavy atom. The van der Waals surface area contributed by atoms with E-state index in [4.69, 9.17) is 0 Å². The lowest BCUT2D eigenvalue weighted by Crippen LogP contribution is -2.45. The number of rotatable bonds is 5. The average molecular weight is 252 g/mol. The smallest absolute Gasteiger partial charge is 0.111 e. The summed E-state index contributed by atoms with van der Waals surface area (Å²) in [4.78, 5) is 4.29. The Labute approximate surface area is 109 Å². The molecule has 0 aromatic carbocycles. The Kier molecular flexibility index (Phi) is 4.40. The largest absolute Gasteiger partial charge is 0.390 e. The Bertz CT molecular complexity index is 370. The van der Waals surface area contributed by atoms with Crippen LogP contribution in [-0.4, -0.2) is 31.5 Å². The molecule has 1 atom stereocenters. The van der Waals surface area contributed by atoms with Crippen molar-refractivity contribution in [3.63, 3.8) is 0 Å². The van der Waals surface area contributed by atoms with Crippen LogP contribution >= 0.6 is 0 Å². The van der Waals surface area contributed by atoms with Crippen LogP contribution in [0.25, 0.3) is 0 Å². The minimum absolute atomic E-state index is 0.448. The van der Waals surface area contributed by atoms with Crippen molar-refractivity contribution in [2.45, 2.75) is 70.1 Å². The van der Waals surface area contributed by atoms with Gasteiger partial charge in [0, 0.05) is 25.4 Å². The van der Waals surface area contributed by atoms with Crippen LogP contribution in [-0.2, 0) is 13.0 Å². The molecule has 1 aliphatic carbocycles. The highest BCUT2D eigenvalue weighted by Gasteiger charge is 2.37. The fourth-order valence-corrected chi connectivity index (χ4v) is 2.83. The van der Waals surface area contributed by atoms with Crippen molar-refractivity contribution in [2.24, 2.45) is 0 Å². The summed E-state index contributed by atoms with van der Waals surface area (Å²) in [6.07, 6.45) is 9.11. The van der Waals surface area contributed by atoms with Crippen molar-refractivity contribution in [1.82, 2.24) is 9.55 Å². The molecule has 1 aliphatic rings. The maximum Gasteiger partial charge on any atom is 0.111 e. The molecule has 0 spiro atoms. The third-order valence-electron chi connectivity index (χ3n) is 3.98. The molecule has 1 aromatic rings. The molecule has 1 fully saturated rings. The molecule has 1 heterocycles. The van der Waals surface area contributed by atoms with Gasteiger partial charge in [0.05, 0.1) is 11.7 Å². The van der Waals surface area contributed by atoms with E-state index in [0.717, 1.165) is 31.6 Å². The monoisotopic (exact) mass is 252 g/mol. The zero-order chi connectivity index (χ0) is 13.0. The summed E-state index contributed by atoms with van der Waals surface area (Å²) in [7, 11) is 0. The van der Waals surface area contributed by atoms with Crippen molar-refractivity contribution < 1.29 is 10.2 Å². The quantitative estimate of drug-likeness (QED) is 0.841. The van der Waals surface area contributed by atoms with Crippen molar-refractivity contribution in [2.75, 3.05) is 0 Å². The summed E-state index contributed by atoms with van der Waals surface area (Å²) in [5.74, 6) is 0.878. The van der Waals surface area contributed by atoms with Crippen LogP contribution in [0.4, 0.5) is 0 Å². The maximum absolute atomic E-state index is 10.5. The first-order chi connectivity index (χ1) is 8.65. The lowest BCUT2D eigenvalue weighted by atomic mass is 9.79. The maximum atomic E-state index is 10.5. The van der Waals surface area contributed by atoms with E-state index in [1.807, 2.05) is 6.20 Å². The fraction of sp³-hybridized carbons (Fsp3) is 0.786. The van der Waals surface area contributed by atoms with Gasteiger partial charge in [0.25, 0.3) is 0 Å². The van der Waals surface area contributed by atoms with Crippen LogP contribution in [0.15, 0.2) is 12.4 Å². The standard InChI is InChI=1S/C14H24N2O2/c1-2-9-16-10-8-15-13(16)11-12(17)14(18)6-4-3-5-7-14/h8,10,12,17-18H,2-7,9,11H2,1H3. The number of nitrogens with zero attached hydrogens (tertiary/aromatic N) is 2. The second-order valence-corrected chi connectivity index (χ2v) is 5.42. The molecule has 0 bridgehead atoms. The first-order valence-corrected chi connectivity index (χ1v) is 7.06. The molecular formula is C14H24N2O2. The second-order valence-electron chi connectivity index (χ2n) is 5.42. The Hall–Kier alpha value is -0.870. The molecule has 1 unspecified atom stereocenters. The molecule has 4 heteroatoms. The van der Waals surface area contributed by atoms with E-state index in [2.05, 4.69) is 16.5 Å². The molecule has 0 saturated heterocycles. The van der Waals surface area contributed by atoms with E-state index in [0.29, 0.717) is 19.3 Å². The molecule has 102 valence electrons. The van der Waals surface area contributed by atoms with Crippen LogP contribution in [0.3, 0.4) is 0 Å². The zero-order valence-corrected chi connectivity index (χ0v) is 11.2. The minimum Gasteiger partial charge on any atom is -0.390 e. The van der Waals surface area contributed by atoms with E-state index in [9.17, 15) is 10.2 Å². The first-order valence-electron chi connectivity index (χ1n) is 7.06. The van der Waals surface area contributed by atoms with Crippen molar-refractivity contribution in [3.05, 3.63) is 18.2 Å². The van der Waals surface area contributed by atoms with Gasteiger partial charge >= 0.3 is 0 Å². The van der Waals surface area contributed by atoms with Gasteiger partial charge in [-0.1, -0.05) is 26.2 Å². The predicted octanol–water partition coefficient (Wildman–Crippen LogP) is 1.89. The van der Waals surface area contributed by atoms with Crippen molar-refractivity contribution >= 4 is 0 Å². The van der Waals surface area contributed by atoms with E-state index in [1.165, 1.54) is 6.42 Å². The molecule has 0 aliphatic heterocycles. The molecule has 2 rings (SSSR count). The Balaban J connectivity index is 2.01. The van der Waals surface area contributed by atoms with Gasteiger partial charge in [0.1, 0.15) is 5.82 Å². The highest BCUT2D eigenvalue weighted by molar-refractivity contribution is 4.99. The van der Waals surface area contributed by atoms with E-state index >= 15 is 0 Å². The van der Waals surface area contributed by atoms with E-state index in [-0.39, 0.29) is 0 Å². The average Bonchev–Trinajstić information content (AvgIpc) is 2.78. The van der Waals surface area contributed by atoms with Gasteiger partial charge in [-0.25, -0.2) is 4.98 Å². The number of aromatic nitrogens is 2. The van der Waals surface area contributed by atoms with Crippen LogP contribution in [0.1, 0.15) is 51.3 Å².